The minimum atomic E-state index is -0.718. The SMILES string of the molecule is COC(=O)c1nc(-c2ccc(Cl)c(OC)c2F)cc2c1c(C)cn2C(=O)C(C)(C)C. The van der Waals surface area contributed by atoms with E-state index in [-0.39, 0.29) is 33.6 Å². The summed E-state index contributed by atoms with van der Waals surface area (Å²) in [5.74, 6) is -1.72. The molecular weight excluding hydrogens is 411 g/mol. The molecule has 0 aliphatic rings. The summed E-state index contributed by atoms with van der Waals surface area (Å²) in [4.78, 5) is 29.9. The van der Waals surface area contributed by atoms with Gasteiger partial charge in [-0.2, -0.15) is 0 Å². The van der Waals surface area contributed by atoms with Gasteiger partial charge in [-0.05, 0) is 30.7 Å². The van der Waals surface area contributed by atoms with E-state index in [0.29, 0.717) is 16.5 Å². The minimum absolute atomic E-state index is 0.00345. The summed E-state index contributed by atoms with van der Waals surface area (Å²) < 4.78 is 26.4. The molecule has 2 aromatic heterocycles. The van der Waals surface area contributed by atoms with Crippen LogP contribution in [-0.2, 0) is 4.74 Å². The molecule has 3 rings (SSSR count). The first-order chi connectivity index (χ1) is 14.0. The molecule has 0 fully saturated rings. The second kappa shape index (κ2) is 7.72. The maximum Gasteiger partial charge on any atom is 0.357 e. The van der Waals surface area contributed by atoms with E-state index in [1.165, 1.54) is 30.9 Å². The first kappa shape index (κ1) is 21.8. The quantitative estimate of drug-likeness (QED) is 0.526. The number of nitrogens with zero attached hydrogens (tertiary/aromatic N) is 2. The fraction of sp³-hybridized carbons (Fsp3) is 0.318. The Morgan fingerprint density at radius 3 is 2.43 bits per heavy atom. The van der Waals surface area contributed by atoms with Gasteiger partial charge in [-0.1, -0.05) is 32.4 Å². The van der Waals surface area contributed by atoms with Crippen LogP contribution in [0.25, 0.3) is 22.2 Å². The normalized spacial score (nSPS) is 11.6. The molecule has 0 radical (unpaired) electrons. The van der Waals surface area contributed by atoms with Crippen LogP contribution in [0.15, 0.2) is 24.4 Å². The Labute approximate surface area is 178 Å². The van der Waals surface area contributed by atoms with Crippen molar-refractivity contribution in [1.82, 2.24) is 9.55 Å². The molecule has 158 valence electrons. The lowest BCUT2D eigenvalue weighted by Crippen LogP contribution is -2.26. The van der Waals surface area contributed by atoms with Gasteiger partial charge in [0.2, 0.25) is 5.91 Å². The van der Waals surface area contributed by atoms with Crippen LogP contribution in [0.1, 0.15) is 41.6 Å². The predicted molar refractivity (Wildman–Crippen MR) is 113 cm³/mol. The zero-order valence-electron chi connectivity index (χ0n) is 17.6. The van der Waals surface area contributed by atoms with Crippen molar-refractivity contribution < 1.29 is 23.5 Å². The van der Waals surface area contributed by atoms with E-state index in [1.807, 2.05) is 0 Å². The van der Waals surface area contributed by atoms with Crippen LogP contribution < -0.4 is 4.74 Å². The van der Waals surface area contributed by atoms with Crippen molar-refractivity contribution >= 4 is 34.4 Å². The molecule has 0 saturated carbocycles. The van der Waals surface area contributed by atoms with E-state index >= 15 is 4.39 Å². The summed E-state index contributed by atoms with van der Waals surface area (Å²) >= 11 is 6.00. The number of rotatable bonds is 3. The number of aromatic nitrogens is 2. The van der Waals surface area contributed by atoms with Gasteiger partial charge in [-0.25, -0.2) is 14.2 Å². The number of benzene rings is 1. The lowest BCUT2D eigenvalue weighted by Gasteiger charge is -2.18. The highest BCUT2D eigenvalue weighted by atomic mass is 35.5. The molecule has 0 aliphatic heterocycles. The number of carbonyl (C=O) groups excluding carboxylic acids is 2. The number of carbonyl (C=O) groups is 2. The van der Waals surface area contributed by atoms with Crippen LogP contribution >= 0.6 is 11.6 Å². The van der Waals surface area contributed by atoms with Crippen LogP contribution in [0.4, 0.5) is 4.39 Å². The van der Waals surface area contributed by atoms with Gasteiger partial charge in [0.25, 0.3) is 0 Å². The van der Waals surface area contributed by atoms with Gasteiger partial charge in [0.15, 0.2) is 17.3 Å². The Hall–Kier alpha value is -2.93. The van der Waals surface area contributed by atoms with Crippen molar-refractivity contribution in [2.75, 3.05) is 14.2 Å². The first-order valence-corrected chi connectivity index (χ1v) is 9.57. The van der Waals surface area contributed by atoms with Gasteiger partial charge in [-0.3, -0.25) is 9.36 Å². The standard InChI is InChI=1S/C22H22ClFN2O4/c1-11-10-26(21(28)22(2,3)4)15-9-14(25-18(16(11)15)20(27)30-6)12-7-8-13(23)19(29-5)17(12)24/h7-10H,1-6H3. The number of esters is 1. The monoisotopic (exact) mass is 432 g/mol. The molecule has 0 atom stereocenters. The van der Waals surface area contributed by atoms with Gasteiger partial charge in [0.05, 0.1) is 30.5 Å². The van der Waals surface area contributed by atoms with Gasteiger partial charge < -0.3 is 9.47 Å². The number of ether oxygens (including phenoxy) is 2. The lowest BCUT2D eigenvalue weighted by atomic mass is 9.95. The third-order valence-corrected chi connectivity index (χ3v) is 5.04. The molecule has 3 aromatic rings. The number of methoxy groups -OCH3 is 2. The predicted octanol–water partition coefficient (Wildman–Crippen LogP) is 5.29. The van der Waals surface area contributed by atoms with Crippen LogP contribution in [0.5, 0.6) is 5.75 Å². The smallest absolute Gasteiger partial charge is 0.357 e. The molecule has 8 heteroatoms. The summed E-state index contributed by atoms with van der Waals surface area (Å²) in [6, 6.07) is 4.50. The average molecular weight is 433 g/mol. The molecule has 6 nitrogen and oxygen atoms in total. The number of pyridine rings is 1. The molecule has 2 heterocycles. The Bertz CT molecular complexity index is 1180. The van der Waals surface area contributed by atoms with E-state index in [1.54, 1.807) is 40.0 Å². The molecule has 0 spiro atoms. The second-order valence-electron chi connectivity index (χ2n) is 7.92. The summed E-state index contributed by atoms with van der Waals surface area (Å²) in [6.07, 6.45) is 1.65. The summed E-state index contributed by atoms with van der Waals surface area (Å²) in [5, 5.41) is 0.583. The maximum absolute atomic E-state index is 15.0. The van der Waals surface area contributed by atoms with Crippen LogP contribution in [0.2, 0.25) is 5.02 Å². The molecule has 1 aromatic carbocycles. The fourth-order valence-corrected chi connectivity index (χ4v) is 3.49. The van der Waals surface area contributed by atoms with Crippen LogP contribution in [-0.4, -0.2) is 35.6 Å². The Balaban J connectivity index is 2.41. The molecule has 0 saturated heterocycles. The summed E-state index contributed by atoms with van der Waals surface area (Å²) in [7, 11) is 2.54. The van der Waals surface area contributed by atoms with Crippen molar-refractivity contribution in [3.63, 3.8) is 0 Å². The number of hydrogen-bond donors (Lipinski definition) is 0. The summed E-state index contributed by atoms with van der Waals surface area (Å²) in [6.45, 7) is 7.16. The zero-order chi connectivity index (χ0) is 22.4. The number of halogens is 2. The fourth-order valence-electron chi connectivity index (χ4n) is 3.27. The number of hydrogen-bond acceptors (Lipinski definition) is 5. The van der Waals surface area contributed by atoms with Gasteiger partial charge in [0.1, 0.15) is 0 Å². The molecule has 0 unspecified atom stereocenters. The van der Waals surface area contributed by atoms with Crippen molar-refractivity contribution in [1.29, 1.82) is 0 Å². The maximum atomic E-state index is 15.0. The Morgan fingerprint density at radius 1 is 1.20 bits per heavy atom. The highest BCUT2D eigenvalue weighted by Crippen LogP contribution is 2.37. The van der Waals surface area contributed by atoms with Gasteiger partial charge in [-0.15, -0.1) is 0 Å². The van der Waals surface area contributed by atoms with Crippen LogP contribution in [0.3, 0.4) is 0 Å². The van der Waals surface area contributed by atoms with E-state index in [2.05, 4.69) is 4.98 Å². The van der Waals surface area contributed by atoms with Gasteiger partial charge >= 0.3 is 5.97 Å². The molecule has 0 aliphatic carbocycles. The van der Waals surface area contributed by atoms with Crippen molar-refractivity contribution in [3.8, 4) is 17.0 Å². The Morgan fingerprint density at radius 2 is 1.87 bits per heavy atom. The number of fused-ring (bicyclic) bond motifs is 1. The highest BCUT2D eigenvalue weighted by molar-refractivity contribution is 6.32. The third-order valence-electron chi connectivity index (χ3n) is 4.74. The van der Waals surface area contributed by atoms with Crippen molar-refractivity contribution in [3.05, 3.63) is 46.5 Å². The van der Waals surface area contributed by atoms with E-state index in [9.17, 15) is 9.59 Å². The Kier molecular flexibility index (Phi) is 5.60. The third kappa shape index (κ3) is 3.54. The molecule has 0 amide bonds. The largest absolute Gasteiger partial charge is 0.492 e. The second-order valence-corrected chi connectivity index (χ2v) is 8.33. The first-order valence-electron chi connectivity index (χ1n) is 9.19. The molecule has 0 N–H and O–H groups in total. The summed E-state index contributed by atoms with van der Waals surface area (Å²) in [5.41, 5.74) is 0.661. The molecular formula is C22H22ClFN2O4. The topological polar surface area (TPSA) is 70.4 Å². The van der Waals surface area contributed by atoms with Crippen molar-refractivity contribution in [2.24, 2.45) is 5.41 Å². The lowest BCUT2D eigenvalue weighted by molar-refractivity contribution is 0.0596. The highest BCUT2D eigenvalue weighted by Gasteiger charge is 2.28. The minimum Gasteiger partial charge on any atom is -0.492 e. The number of aryl methyl sites for hydroxylation is 1. The average Bonchev–Trinajstić information content (AvgIpc) is 3.02. The van der Waals surface area contributed by atoms with E-state index in [0.717, 1.165) is 0 Å². The van der Waals surface area contributed by atoms with Crippen LogP contribution in [0, 0.1) is 18.2 Å². The van der Waals surface area contributed by atoms with E-state index < -0.39 is 17.2 Å². The van der Waals surface area contributed by atoms with Gasteiger partial charge in [0, 0.05) is 22.6 Å². The molecule has 0 bridgehead atoms. The molecule has 30 heavy (non-hydrogen) atoms. The van der Waals surface area contributed by atoms with E-state index in [4.69, 9.17) is 21.1 Å². The van der Waals surface area contributed by atoms with Crippen molar-refractivity contribution in [2.45, 2.75) is 27.7 Å². The zero-order valence-corrected chi connectivity index (χ0v) is 18.3.